The zero-order valence-electron chi connectivity index (χ0n) is 14.8. The summed E-state index contributed by atoms with van der Waals surface area (Å²) in [6.45, 7) is -1.48. The van der Waals surface area contributed by atoms with Gasteiger partial charge in [0, 0.05) is 6.54 Å². The number of aliphatic hydroxyl groups is 1. The molecule has 1 aromatic rings. The minimum Gasteiger partial charge on any atom is -0.485 e. The predicted octanol–water partition coefficient (Wildman–Crippen LogP) is 0.702. The Balaban J connectivity index is 2.43. The molecule has 0 unspecified atom stereocenters. The Morgan fingerprint density at radius 1 is 1.36 bits per heavy atom. The van der Waals surface area contributed by atoms with Gasteiger partial charge in [0.1, 0.15) is 18.1 Å². The fourth-order valence-electron chi connectivity index (χ4n) is 2.52. The molecule has 11 heteroatoms. The number of rotatable bonds is 9. The minimum absolute atomic E-state index is 0.0472. The zero-order chi connectivity index (χ0) is 20.8. The molecule has 0 spiro atoms. The molecule has 3 N–H and O–H groups in total. The first kappa shape index (κ1) is 21.1. The highest BCUT2D eigenvalue weighted by Gasteiger charge is 2.35. The van der Waals surface area contributed by atoms with E-state index in [0.29, 0.717) is 0 Å². The molecule has 152 valence electrons. The lowest BCUT2D eigenvalue weighted by atomic mass is 10.1. The van der Waals surface area contributed by atoms with Gasteiger partial charge in [-0.15, -0.1) is 0 Å². The first-order valence-electron chi connectivity index (χ1n) is 8.05. The first-order valence-corrected chi connectivity index (χ1v) is 8.05. The number of alkyl halides is 2. The van der Waals surface area contributed by atoms with E-state index in [-0.39, 0.29) is 48.0 Å². The van der Waals surface area contributed by atoms with Crippen molar-refractivity contribution in [2.24, 2.45) is 0 Å². The van der Waals surface area contributed by atoms with Crippen LogP contribution in [0.25, 0.3) is 0 Å². The van der Waals surface area contributed by atoms with Gasteiger partial charge >= 0.3 is 11.9 Å². The summed E-state index contributed by atoms with van der Waals surface area (Å²) in [5, 5.41) is 20.8. The van der Waals surface area contributed by atoms with Gasteiger partial charge in [0.15, 0.2) is 0 Å². The lowest BCUT2D eigenvalue weighted by Gasteiger charge is -2.16. The molecule has 0 saturated carbocycles. The van der Waals surface area contributed by atoms with E-state index in [9.17, 15) is 23.2 Å². The fraction of sp³-hybridized carbons (Fsp3) is 0.353. The van der Waals surface area contributed by atoms with E-state index in [2.05, 4.69) is 10.1 Å². The van der Waals surface area contributed by atoms with E-state index in [4.69, 9.17) is 14.9 Å². The van der Waals surface area contributed by atoms with Crippen LogP contribution in [0.5, 0.6) is 5.75 Å². The smallest absolute Gasteiger partial charge is 0.337 e. The highest BCUT2D eigenvalue weighted by atomic mass is 19.3. The van der Waals surface area contributed by atoms with Gasteiger partial charge < -0.3 is 29.9 Å². The molecule has 1 heterocycles. The third-order valence-electron chi connectivity index (χ3n) is 3.80. The van der Waals surface area contributed by atoms with Crippen LogP contribution in [0.15, 0.2) is 29.5 Å². The number of amides is 1. The quantitative estimate of drug-likeness (QED) is 0.518. The number of aliphatic hydroxyl groups excluding tert-OH is 1. The predicted molar refractivity (Wildman–Crippen MR) is 91.2 cm³/mol. The largest absolute Gasteiger partial charge is 0.485 e. The average molecular weight is 400 g/mol. The normalized spacial score (nSPS) is 13.9. The van der Waals surface area contributed by atoms with E-state index in [1.165, 1.54) is 4.90 Å². The Kier molecular flexibility index (Phi) is 6.88. The van der Waals surface area contributed by atoms with E-state index < -0.39 is 30.9 Å². The number of methoxy groups -OCH3 is 1. The van der Waals surface area contributed by atoms with Gasteiger partial charge in [-0.3, -0.25) is 4.79 Å². The zero-order valence-corrected chi connectivity index (χ0v) is 14.8. The van der Waals surface area contributed by atoms with Crippen LogP contribution in [-0.4, -0.2) is 72.8 Å². The maximum absolute atomic E-state index is 12.5. The number of carboxylic acids is 1. The van der Waals surface area contributed by atoms with Crippen molar-refractivity contribution in [3.63, 3.8) is 0 Å². The molecule has 9 nitrogen and oxygen atoms in total. The summed E-state index contributed by atoms with van der Waals surface area (Å²) in [5.41, 5.74) is -0.549. The summed E-state index contributed by atoms with van der Waals surface area (Å²) >= 11 is 0. The minimum atomic E-state index is -2.77. The van der Waals surface area contributed by atoms with Crippen LogP contribution in [0.4, 0.5) is 14.5 Å². The monoisotopic (exact) mass is 400 g/mol. The number of carbonyl (C=O) groups excluding carboxylic acids is 2. The fourth-order valence-corrected chi connectivity index (χ4v) is 2.52. The summed E-state index contributed by atoms with van der Waals surface area (Å²) in [4.78, 5) is 36.9. The van der Waals surface area contributed by atoms with Crippen LogP contribution in [0, 0.1) is 0 Å². The van der Waals surface area contributed by atoms with Crippen LogP contribution >= 0.6 is 0 Å². The first-order chi connectivity index (χ1) is 13.3. The van der Waals surface area contributed by atoms with E-state index in [1.54, 1.807) is 0 Å². The van der Waals surface area contributed by atoms with E-state index >= 15 is 0 Å². The van der Waals surface area contributed by atoms with Crippen LogP contribution in [0.3, 0.4) is 0 Å². The second-order valence-electron chi connectivity index (χ2n) is 5.64. The summed E-state index contributed by atoms with van der Waals surface area (Å²) in [6, 6.07) is 3.41. The summed E-state index contributed by atoms with van der Waals surface area (Å²) < 4.78 is 34.6. The second kappa shape index (κ2) is 9.13. The van der Waals surface area contributed by atoms with Crippen LogP contribution < -0.4 is 10.1 Å². The van der Waals surface area contributed by atoms with Gasteiger partial charge in [-0.05, 0) is 18.2 Å². The number of ether oxygens (including phenoxy) is 2. The van der Waals surface area contributed by atoms with Crippen molar-refractivity contribution in [1.82, 2.24) is 4.90 Å². The maximum Gasteiger partial charge on any atom is 0.337 e. The van der Waals surface area contributed by atoms with Crippen molar-refractivity contribution in [3.8, 4) is 5.75 Å². The Labute approximate surface area is 158 Å². The van der Waals surface area contributed by atoms with Gasteiger partial charge in [0.05, 0.1) is 37.1 Å². The number of benzene rings is 1. The molecule has 0 aromatic heterocycles. The van der Waals surface area contributed by atoms with Gasteiger partial charge in [-0.2, -0.15) is 0 Å². The number of carboxylic acid groups (broad SMARTS) is 1. The van der Waals surface area contributed by atoms with Gasteiger partial charge in [0.25, 0.3) is 12.3 Å². The highest BCUT2D eigenvalue weighted by Crippen LogP contribution is 2.30. The standard InChI is InChI=1S/C17H18F2N2O7/c1-27-17(26)10-7-21(4-5-22)15(23)14(10)20-11-6-9(16(24)25)2-3-12(11)28-8-13(18)19/h2-3,6,13,20,22H,4-5,7-8H2,1H3,(H,24,25). The number of nitrogens with zero attached hydrogens (tertiary/aromatic N) is 1. The molecule has 2 rings (SSSR count). The van der Waals surface area contributed by atoms with Gasteiger partial charge in [-0.1, -0.05) is 0 Å². The molecule has 0 fully saturated rings. The number of anilines is 1. The Bertz CT molecular complexity index is 811. The number of esters is 1. The Morgan fingerprint density at radius 3 is 2.64 bits per heavy atom. The second-order valence-corrected chi connectivity index (χ2v) is 5.64. The molecular weight excluding hydrogens is 382 g/mol. The lowest BCUT2D eigenvalue weighted by Crippen LogP contribution is -2.31. The molecule has 0 aliphatic carbocycles. The number of hydrogen-bond acceptors (Lipinski definition) is 7. The molecular formula is C17H18F2N2O7. The molecule has 28 heavy (non-hydrogen) atoms. The van der Waals surface area contributed by atoms with Crippen molar-refractivity contribution >= 4 is 23.5 Å². The molecule has 1 aromatic carbocycles. The van der Waals surface area contributed by atoms with E-state index in [1.807, 2.05) is 0 Å². The van der Waals surface area contributed by atoms with Crippen LogP contribution in [0.1, 0.15) is 10.4 Å². The lowest BCUT2D eigenvalue weighted by molar-refractivity contribution is -0.136. The molecule has 1 aliphatic heterocycles. The average Bonchev–Trinajstić information content (AvgIpc) is 2.96. The highest BCUT2D eigenvalue weighted by molar-refractivity contribution is 6.08. The van der Waals surface area contributed by atoms with E-state index in [0.717, 1.165) is 25.3 Å². The number of carbonyl (C=O) groups is 3. The van der Waals surface area contributed by atoms with Gasteiger partial charge in [0.2, 0.25) is 0 Å². The number of aromatic carboxylic acids is 1. The topological polar surface area (TPSA) is 125 Å². The van der Waals surface area contributed by atoms with Crippen molar-refractivity contribution in [2.75, 3.05) is 38.7 Å². The SMILES string of the molecule is COC(=O)C1=C(Nc2cc(C(=O)O)ccc2OCC(F)F)C(=O)N(CCO)C1. The van der Waals surface area contributed by atoms with Crippen molar-refractivity contribution in [3.05, 3.63) is 35.0 Å². The molecule has 1 amide bonds. The molecule has 0 saturated heterocycles. The molecule has 0 radical (unpaired) electrons. The van der Waals surface area contributed by atoms with Crippen molar-refractivity contribution in [1.29, 1.82) is 0 Å². The number of hydrogen-bond donors (Lipinski definition) is 3. The van der Waals surface area contributed by atoms with Crippen LogP contribution in [-0.2, 0) is 14.3 Å². The summed E-state index contributed by atoms with van der Waals surface area (Å²) in [7, 11) is 1.12. The Hall–Kier alpha value is -3.21. The van der Waals surface area contributed by atoms with Crippen molar-refractivity contribution in [2.45, 2.75) is 6.43 Å². The number of halogens is 2. The summed E-state index contributed by atoms with van der Waals surface area (Å²) in [5.74, 6) is -2.86. The third kappa shape index (κ3) is 4.74. The molecule has 1 aliphatic rings. The van der Waals surface area contributed by atoms with Gasteiger partial charge in [-0.25, -0.2) is 18.4 Å². The number of β-amino-alcohol motifs (C(OH)–C–C–N with tert-alkyl or cyclic N) is 1. The summed E-state index contributed by atoms with van der Waals surface area (Å²) in [6.07, 6.45) is -2.77. The van der Waals surface area contributed by atoms with Crippen molar-refractivity contribution < 1.29 is 42.9 Å². The van der Waals surface area contributed by atoms with Crippen LogP contribution in [0.2, 0.25) is 0 Å². The number of nitrogens with one attached hydrogen (secondary N) is 1. The Morgan fingerprint density at radius 2 is 2.07 bits per heavy atom. The molecule has 0 bridgehead atoms. The molecule has 0 atom stereocenters. The maximum atomic E-state index is 12.5. The third-order valence-corrected chi connectivity index (χ3v) is 3.80.